The van der Waals surface area contributed by atoms with E-state index in [1.807, 2.05) is 0 Å². The molecule has 0 rings (SSSR count). The fraction of sp³-hybridized carbons (Fsp3) is 0.833. The molecule has 3 heteroatoms. The predicted molar refractivity (Wildman–Crippen MR) is 46.1 cm³/mol. The van der Waals surface area contributed by atoms with Crippen molar-refractivity contribution in [3.8, 4) is 0 Å². The van der Waals surface area contributed by atoms with Crippen molar-refractivity contribution in [2.24, 2.45) is 0 Å². The van der Waals surface area contributed by atoms with Gasteiger partial charge in [-0.25, -0.2) is 0 Å². The van der Waals surface area contributed by atoms with E-state index >= 15 is 0 Å². The summed E-state index contributed by atoms with van der Waals surface area (Å²) < 4.78 is 0.167. The van der Waals surface area contributed by atoms with Gasteiger partial charge >= 0.3 is 0 Å². The third-order valence-electron chi connectivity index (χ3n) is 0.773. The van der Waals surface area contributed by atoms with Crippen LogP contribution >= 0.6 is 23.5 Å². The van der Waals surface area contributed by atoms with E-state index in [0.29, 0.717) is 0 Å². The Labute approximate surface area is 65.0 Å². The molecule has 54 valence electrons. The molecule has 0 aromatic heterocycles. The number of carbonyl (C=O) groups is 1. The molecule has 0 saturated heterocycles. The van der Waals surface area contributed by atoms with E-state index in [1.165, 1.54) is 0 Å². The van der Waals surface area contributed by atoms with Crippen LogP contribution < -0.4 is 0 Å². The first-order valence-electron chi connectivity index (χ1n) is 3.03. The first-order chi connectivity index (χ1) is 4.35. The Kier molecular flexibility index (Phi) is 6.76. The van der Waals surface area contributed by atoms with Gasteiger partial charge in [0.25, 0.3) is 0 Å². The molecule has 0 amide bonds. The fourth-order valence-corrected chi connectivity index (χ4v) is 2.47. The minimum Gasteiger partial charge on any atom is -0.301 e. The number of hydrogen-bond donors (Lipinski definition) is 0. The van der Waals surface area contributed by atoms with E-state index in [-0.39, 0.29) is 4.58 Å². The summed E-state index contributed by atoms with van der Waals surface area (Å²) in [4.78, 5) is 10.2. The molecule has 0 atom stereocenters. The van der Waals surface area contributed by atoms with Crippen LogP contribution in [0.4, 0.5) is 0 Å². The van der Waals surface area contributed by atoms with E-state index in [0.717, 1.165) is 17.8 Å². The summed E-state index contributed by atoms with van der Waals surface area (Å²) >= 11 is 3.39. The highest BCUT2D eigenvalue weighted by atomic mass is 32.2. The van der Waals surface area contributed by atoms with Gasteiger partial charge in [0.2, 0.25) is 0 Å². The van der Waals surface area contributed by atoms with Crippen molar-refractivity contribution in [2.75, 3.05) is 11.5 Å². The second-order valence-corrected chi connectivity index (χ2v) is 4.55. The maximum absolute atomic E-state index is 10.2. The Hall–Kier alpha value is 0.370. The molecule has 0 aromatic rings. The standard InChI is InChI=1S/C6H12OS2/c1-3-8-6(5-7)9-4-2/h5-6H,3-4H2,1-2H3. The van der Waals surface area contributed by atoms with Gasteiger partial charge in [-0.1, -0.05) is 13.8 Å². The third kappa shape index (κ3) is 4.85. The Bertz CT molecular complexity index is 69.5. The Balaban J connectivity index is 3.29. The van der Waals surface area contributed by atoms with Crippen molar-refractivity contribution in [1.82, 2.24) is 0 Å². The van der Waals surface area contributed by atoms with Gasteiger partial charge in [-0.3, -0.25) is 0 Å². The van der Waals surface area contributed by atoms with Crippen LogP contribution in [0.25, 0.3) is 0 Å². The van der Waals surface area contributed by atoms with Gasteiger partial charge < -0.3 is 4.79 Å². The molecule has 0 aliphatic heterocycles. The van der Waals surface area contributed by atoms with Gasteiger partial charge in [-0.2, -0.15) is 0 Å². The average molecular weight is 164 g/mol. The van der Waals surface area contributed by atoms with Crippen molar-refractivity contribution < 1.29 is 4.79 Å². The molecule has 0 heterocycles. The molecule has 1 nitrogen and oxygen atoms in total. The zero-order chi connectivity index (χ0) is 7.11. The van der Waals surface area contributed by atoms with E-state index in [4.69, 9.17) is 0 Å². The molecule has 0 aliphatic carbocycles. The number of hydrogen-bond acceptors (Lipinski definition) is 3. The summed E-state index contributed by atoms with van der Waals surface area (Å²) in [5.41, 5.74) is 0. The molecular formula is C6H12OS2. The van der Waals surface area contributed by atoms with Crippen LogP contribution in [-0.2, 0) is 4.79 Å². The first-order valence-corrected chi connectivity index (χ1v) is 5.13. The minimum atomic E-state index is 0.167. The van der Waals surface area contributed by atoms with Crippen LogP contribution in [0.15, 0.2) is 0 Å². The molecular weight excluding hydrogens is 152 g/mol. The summed E-state index contributed by atoms with van der Waals surface area (Å²) in [6.45, 7) is 4.13. The monoisotopic (exact) mass is 164 g/mol. The van der Waals surface area contributed by atoms with Crippen molar-refractivity contribution in [3.05, 3.63) is 0 Å². The SMILES string of the molecule is CCSC(C=O)SCC. The molecule has 0 saturated carbocycles. The van der Waals surface area contributed by atoms with Crippen LogP contribution in [0, 0.1) is 0 Å². The van der Waals surface area contributed by atoms with Crippen molar-refractivity contribution >= 4 is 29.8 Å². The van der Waals surface area contributed by atoms with Crippen LogP contribution in [-0.4, -0.2) is 22.4 Å². The lowest BCUT2D eigenvalue weighted by Gasteiger charge is -2.04. The average Bonchev–Trinajstić information content (AvgIpc) is 1.88. The summed E-state index contributed by atoms with van der Waals surface area (Å²) in [5, 5.41) is 0. The van der Waals surface area contributed by atoms with Gasteiger partial charge in [0.1, 0.15) is 10.9 Å². The molecule has 0 fully saturated rings. The zero-order valence-corrected chi connectivity index (χ0v) is 7.43. The Morgan fingerprint density at radius 1 is 1.33 bits per heavy atom. The summed E-state index contributed by atoms with van der Waals surface area (Å²) in [5.74, 6) is 2.05. The topological polar surface area (TPSA) is 17.1 Å². The Morgan fingerprint density at radius 2 is 1.78 bits per heavy atom. The lowest BCUT2D eigenvalue weighted by molar-refractivity contribution is -0.106. The molecule has 0 spiro atoms. The third-order valence-corrected chi connectivity index (χ3v) is 3.14. The molecule has 0 N–H and O–H groups in total. The fourth-order valence-electron chi connectivity index (χ4n) is 0.455. The second-order valence-electron chi connectivity index (χ2n) is 1.42. The predicted octanol–water partition coefficient (Wildman–Crippen LogP) is 2.02. The first kappa shape index (κ1) is 9.37. The largest absolute Gasteiger partial charge is 0.301 e. The summed E-state index contributed by atoms with van der Waals surface area (Å²) in [6.07, 6.45) is 1.02. The highest BCUT2D eigenvalue weighted by Crippen LogP contribution is 2.20. The highest BCUT2D eigenvalue weighted by Gasteiger charge is 2.03. The van der Waals surface area contributed by atoms with Crippen LogP contribution in [0.1, 0.15) is 13.8 Å². The number of rotatable bonds is 5. The zero-order valence-electron chi connectivity index (χ0n) is 5.79. The normalized spacial score (nSPS) is 10.1. The van der Waals surface area contributed by atoms with Crippen LogP contribution in [0.2, 0.25) is 0 Å². The van der Waals surface area contributed by atoms with Crippen molar-refractivity contribution in [2.45, 2.75) is 18.4 Å². The highest BCUT2D eigenvalue weighted by molar-refractivity contribution is 8.17. The van der Waals surface area contributed by atoms with Crippen LogP contribution in [0.5, 0.6) is 0 Å². The number of carbonyl (C=O) groups excluding carboxylic acids is 1. The van der Waals surface area contributed by atoms with Gasteiger partial charge in [-0.15, -0.1) is 23.5 Å². The van der Waals surface area contributed by atoms with Gasteiger partial charge in [0.15, 0.2) is 0 Å². The maximum Gasteiger partial charge on any atom is 0.142 e. The molecule has 0 bridgehead atoms. The molecule has 0 unspecified atom stereocenters. The second kappa shape index (κ2) is 6.49. The number of thioether (sulfide) groups is 2. The number of aldehydes is 1. The van der Waals surface area contributed by atoms with Gasteiger partial charge in [0.05, 0.1) is 0 Å². The van der Waals surface area contributed by atoms with Gasteiger partial charge in [-0.05, 0) is 11.5 Å². The van der Waals surface area contributed by atoms with Gasteiger partial charge in [0, 0.05) is 0 Å². The van der Waals surface area contributed by atoms with E-state index in [2.05, 4.69) is 13.8 Å². The lowest BCUT2D eigenvalue weighted by atomic mass is 10.9. The smallest absolute Gasteiger partial charge is 0.142 e. The maximum atomic E-state index is 10.2. The Morgan fingerprint density at radius 3 is 2.00 bits per heavy atom. The van der Waals surface area contributed by atoms with Crippen molar-refractivity contribution in [3.63, 3.8) is 0 Å². The van der Waals surface area contributed by atoms with Crippen molar-refractivity contribution in [1.29, 1.82) is 0 Å². The summed E-state index contributed by atoms with van der Waals surface area (Å²) in [7, 11) is 0. The molecule has 0 aliphatic rings. The molecule has 9 heavy (non-hydrogen) atoms. The molecule has 0 aromatic carbocycles. The summed E-state index contributed by atoms with van der Waals surface area (Å²) in [6, 6.07) is 0. The van der Waals surface area contributed by atoms with E-state index in [9.17, 15) is 4.79 Å². The van der Waals surface area contributed by atoms with E-state index < -0.39 is 0 Å². The quantitative estimate of drug-likeness (QED) is 0.457. The molecule has 0 radical (unpaired) electrons. The minimum absolute atomic E-state index is 0.167. The van der Waals surface area contributed by atoms with Crippen LogP contribution in [0.3, 0.4) is 0 Å². The van der Waals surface area contributed by atoms with E-state index in [1.54, 1.807) is 23.5 Å². The lowest BCUT2D eigenvalue weighted by Crippen LogP contribution is -1.98.